The number of benzene rings is 2. The molecule has 0 saturated heterocycles. The number of nitro benzene ring substituents is 2. The highest BCUT2D eigenvalue weighted by molar-refractivity contribution is 6.13. The number of nitrogens with zero attached hydrogens (tertiary/aromatic N) is 2. The van der Waals surface area contributed by atoms with Gasteiger partial charge in [-0.2, -0.15) is 13.2 Å². The number of hydrogen-bond donors (Lipinski definition) is 2. The molecular weight excluding hydrogens is 445 g/mol. The number of nitro groups is 2. The average Bonchev–Trinajstić information content (AvgIpc) is 2.72. The molecule has 2 aromatic carbocycles. The number of carbonyl (C=O) groups excluding carboxylic acids is 1. The van der Waals surface area contributed by atoms with Crippen LogP contribution < -0.4 is 10.2 Å². The summed E-state index contributed by atoms with van der Waals surface area (Å²) >= 11 is 5.27. The SMILES string of the molecule is O=C(NCCc1ccc([N+](=O)[O-])cc1)C(F)(F)F.O=[N+]([O-])c1ccc(CCNCl)cc1. The van der Waals surface area contributed by atoms with E-state index in [1.165, 1.54) is 36.4 Å². The van der Waals surface area contributed by atoms with E-state index >= 15 is 0 Å². The minimum Gasteiger partial charge on any atom is -0.348 e. The van der Waals surface area contributed by atoms with Gasteiger partial charge in [0.2, 0.25) is 0 Å². The Bertz CT molecular complexity index is 877. The van der Waals surface area contributed by atoms with E-state index in [0.29, 0.717) is 12.1 Å². The van der Waals surface area contributed by atoms with Crippen molar-refractivity contribution < 1.29 is 27.8 Å². The molecule has 0 aliphatic rings. The Labute approximate surface area is 179 Å². The van der Waals surface area contributed by atoms with Gasteiger partial charge in [-0.25, -0.2) is 4.84 Å². The van der Waals surface area contributed by atoms with Crippen LogP contribution in [0, 0.1) is 20.2 Å². The summed E-state index contributed by atoms with van der Waals surface area (Å²) in [5.41, 5.74) is 1.64. The van der Waals surface area contributed by atoms with Crippen LogP contribution in [-0.4, -0.2) is 35.0 Å². The van der Waals surface area contributed by atoms with Crippen molar-refractivity contribution in [1.82, 2.24) is 10.2 Å². The number of nitrogens with one attached hydrogen (secondary N) is 2. The topological polar surface area (TPSA) is 127 Å². The summed E-state index contributed by atoms with van der Waals surface area (Å²) in [5, 5.41) is 22.4. The molecule has 2 N–H and O–H groups in total. The fourth-order valence-corrected chi connectivity index (χ4v) is 2.28. The molecule has 0 bridgehead atoms. The van der Waals surface area contributed by atoms with E-state index < -0.39 is 21.9 Å². The number of hydrogen-bond acceptors (Lipinski definition) is 6. The van der Waals surface area contributed by atoms with Gasteiger partial charge in [0, 0.05) is 37.4 Å². The molecule has 0 aliphatic carbocycles. The Morgan fingerprint density at radius 1 is 0.839 bits per heavy atom. The fraction of sp³-hybridized carbons (Fsp3) is 0.278. The van der Waals surface area contributed by atoms with Crippen molar-refractivity contribution in [1.29, 1.82) is 0 Å². The maximum atomic E-state index is 11.8. The molecule has 2 rings (SSSR count). The van der Waals surface area contributed by atoms with Crippen molar-refractivity contribution in [2.45, 2.75) is 19.0 Å². The highest BCUT2D eigenvalue weighted by atomic mass is 35.5. The summed E-state index contributed by atoms with van der Waals surface area (Å²) in [6.45, 7) is 0.468. The zero-order valence-electron chi connectivity index (χ0n) is 15.9. The molecule has 13 heteroatoms. The molecule has 168 valence electrons. The number of alkyl halides is 3. The van der Waals surface area contributed by atoms with E-state index in [1.54, 1.807) is 17.4 Å². The monoisotopic (exact) mass is 462 g/mol. The summed E-state index contributed by atoms with van der Waals surface area (Å²) in [5.74, 6) is -2.00. The first-order valence-corrected chi connectivity index (χ1v) is 9.07. The van der Waals surface area contributed by atoms with Crippen LogP contribution in [0.2, 0.25) is 0 Å². The number of carbonyl (C=O) groups is 1. The van der Waals surface area contributed by atoms with Crippen LogP contribution in [0.15, 0.2) is 48.5 Å². The van der Waals surface area contributed by atoms with Crippen LogP contribution in [0.5, 0.6) is 0 Å². The summed E-state index contributed by atoms with van der Waals surface area (Å²) < 4.78 is 35.5. The van der Waals surface area contributed by atoms with Gasteiger partial charge >= 0.3 is 12.1 Å². The average molecular weight is 463 g/mol. The van der Waals surface area contributed by atoms with Crippen molar-refractivity contribution >= 4 is 29.1 Å². The minimum absolute atomic E-state index is 0.0990. The molecule has 0 saturated carbocycles. The van der Waals surface area contributed by atoms with E-state index in [9.17, 15) is 38.2 Å². The third-order valence-electron chi connectivity index (χ3n) is 3.76. The third-order valence-corrected chi connectivity index (χ3v) is 3.95. The lowest BCUT2D eigenvalue weighted by molar-refractivity contribution is -0.385. The van der Waals surface area contributed by atoms with Crippen LogP contribution in [0.25, 0.3) is 0 Å². The van der Waals surface area contributed by atoms with Gasteiger partial charge in [-0.3, -0.25) is 25.0 Å². The van der Waals surface area contributed by atoms with Crippen LogP contribution in [-0.2, 0) is 17.6 Å². The summed E-state index contributed by atoms with van der Waals surface area (Å²) in [6, 6.07) is 11.8. The Kier molecular flexibility index (Phi) is 10.4. The number of rotatable bonds is 8. The molecule has 0 heterocycles. The Morgan fingerprint density at radius 2 is 1.23 bits per heavy atom. The lowest BCUT2D eigenvalue weighted by Gasteiger charge is -2.07. The molecule has 0 radical (unpaired) electrons. The van der Waals surface area contributed by atoms with Gasteiger partial charge in [0.1, 0.15) is 0 Å². The maximum Gasteiger partial charge on any atom is 0.471 e. The molecule has 31 heavy (non-hydrogen) atoms. The van der Waals surface area contributed by atoms with Gasteiger partial charge in [-0.1, -0.05) is 24.3 Å². The van der Waals surface area contributed by atoms with Crippen molar-refractivity contribution in [3.63, 3.8) is 0 Å². The number of amides is 1. The van der Waals surface area contributed by atoms with Gasteiger partial charge in [-0.05, 0) is 35.7 Å². The first-order valence-electron chi connectivity index (χ1n) is 8.69. The van der Waals surface area contributed by atoms with Crippen LogP contribution in [0.3, 0.4) is 0 Å². The van der Waals surface area contributed by atoms with Crippen LogP contribution >= 0.6 is 11.8 Å². The van der Waals surface area contributed by atoms with E-state index in [1.807, 2.05) is 0 Å². The van der Waals surface area contributed by atoms with Gasteiger partial charge in [0.05, 0.1) is 9.85 Å². The van der Waals surface area contributed by atoms with Gasteiger partial charge in [0.25, 0.3) is 11.4 Å². The van der Waals surface area contributed by atoms with Crippen LogP contribution in [0.4, 0.5) is 24.5 Å². The smallest absolute Gasteiger partial charge is 0.348 e. The molecule has 0 aliphatic heterocycles. The molecule has 0 unspecified atom stereocenters. The highest BCUT2D eigenvalue weighted by Crippen LogP contribution is 2.15. The van der Waals surface area contributed by atoms with Crippen LogP contribution in [0.1, 0.15) is 11.1 Å². The second kappa shape index (κ2) is 12.4. The lowest BCUT2D eigenvalue weighted by Crippen LogP contribution is -2.37. The van der Waals surface area contributed by atoms with E-state index in [-0.39, 0.29) is 24.3 Å². The van der Waals surface area contributed by atoms with Crippen molar-refractivity contribution in [2.75, 3.05) is 13.1 Å². The molecule has 2 aromatic rings. The molecule has 0 spiro atoms. The van der Waals surface area contributed by atoms with Crippen molar-refractivity contribution in [3.05, 3.63) is 79.9 Å². The lowest BCUT2D eigenvalue weighted by atomic mass is 10.1. The predicted molar refractivity (Wildman–Crippen MR) is 107 cm³/mol. The normalized spacial score (nSPS) is 10.6. The second-order valence-electron chi connectivity index (χ2n) is 5.98. The van der Waals surface area contributed by atoms with E-state index in [2.05, 4.69) is 4.84 Å². The third kappa shape index (κ3) is 9.87. The molecule has 0 fully saturated rings. The minimum atomic E-state index is -4.89. The summed E-state index contributed by atoms with van der Waals surface area (Å²) in [4.78, 5) is 32.6. The predicted octanol–water partition coefficient (Wildman–Crippen LogP) is 3.70. The largest absolute Gasteiger partial charge is 0.471 e. The van der Waals surface area contributed by atoms with Gasteiger partial charge in [0.15, 0.2) is 0 Å². The molecular formula is C18H18ClF3N4O5. The van der Waals surface area contributed by atoms with Crippen molar-refractivity contribution in [3.8, 4) is 0 Å². The molecule has 0 atom stereocenters. The fourth-order valence-electron chi connectivity index (χ4n) is 2.18. The van der Waals surface area contributed by atoms with E-state index in [0.717, 1.165) is 12.0 Å². The zero-order chi connectivity index (χ0) is 23.4. The Morgan fingerprint density at radius 3 is 1.55 bits per heavy atom. The van der Waals surface area contributed by atoms with Gasteiger partial charge < -0.3 is 5.32 Å². The standard InChI is InChI=1S/C10H9F3N2O3.C8H9ClN2O2/c11-10(12,13)9(16)14-6-5-7-1-3-8(4-2-7)15(17)18;9-10-6-5-7-1-3-8(4-2-7)11(12)13/h1-4H,5-6H2,(H,14,16);1-4,10H,5-6H2. The Balaban J connectivity index is 0.000000327. The van der Waals surface area contributed by atoms with E-state index in [4.69, 9.17) is 11.8 Å². The van der Waals surface area contributed by atoms with Gasteiger partial charge in [-0.15, -0.1) is 0 Å². The first kappa shape index (κ1) is 25.8. The highest BCUT2D eigenvalue weighted by Gasteiger charge is 2.38. The number of halogens is 4. The summed E-state index contributed by atoms with van der Waals surface area (Å²) in [7, 11) is 0. The maximum absolute atomic E-state index is 11.8. The molecule has 0 aromatic heterocycles. The molecule has 9 nitrogen and oxygen atoms in total. The second-order valence-corrected chi connectivity index (χ2v) is 6.25. The molecule has 1 amide bonds. The zero-order valence-corrected chi connectivity index (χ0v) is 16.7. The Hall–Kier alpha value is -3.25. The number of non-ortho nitro benzene ring substituents is 2. The first-order chi connectivity index (χ1) is 14.5. The van der Waals surface area contributed by atoms with Crippen molar-refractivity contribution in [2.24, 2.45) is 0 Å². The summed E-state index contributed by atoms with van der Waals surface area (Å²) in [6.07, 6.45) is -3.96. The quantitative estimate of drug-likeness (QED) is 0.350.